The van der Waals surface area contributed by atoms with E-state index in [-0.39, 0.29) is 24.1 Å². The molecule has 8 atom stereocenters. The normalized spacial score (nSPS) is 28.3. The lowest BCUT2D eigenvalue weighted by Crippen LogP contribution is -2.41. The third kappa shape index (κ3) is 9.21. The van der Waals surface area contributed by atoms with Crippen LogP contribution in [-0.4, -0.2) is 114 Å². The Balaban J connectivity index is 1.15. The van der Waals surface area contributed by atoms with E-state index in [1.807, 2.05) is 78.3 Å². The van der Waals surface area contributed by atoms with Gasteiger partial charge in [0.15, 0.2) is 23.2 Å². The topological polar surface area (TPSA) is 133 Å². The third-order valence-electron chi connectivity index (χ3n) is 13.4. The standard InChI is InChI=1S/C49H59N6O8PS2/c1-32(2)33-23-24-48(3)40(28-33)62-64(65,66-48)63-43-39(29-60-49(34-12-9-8-10-13-34,35-15-19-37(57-6)20-16-35)36-17-21-38(58-7)22-18-36)61-47(44(43)59-27-26-56-5)55-31-52-42-45(50-30-51-46(42)55)53-41-14-11-25-54(41)4/h8-10,12-13,15-22,30-31,33,39-40,43-44,47H,1,11,14,23-29H2,2-7H3/t33-,39-,40+,43-,44-,47-,48+,64+/m1/s1. The summed E-state index contributed by atoms with van der Waals surface area (Å²) in [6.45, 7) is 10.2. The van der Waals surface area contributed by atoms with E-state index in [4.69, 9.17) is 64.2 Å². The van der Waals surface area contributed by atoms with Gasteiger partial charge in [-0.3, -0.25) is 4.57 Å². The number of likely N-dealkylation sites (tertiary alicyclic amines) is 1. The summed E-state index contributed by atoms with van der Waals surface area (Å²) >= 11 is 8.19. The van der Waals surface area contributed by atoms with E-state index in [0.29, 0.717) is 29.5 Å². The molecule has 3 saturated heterocycles. The van der Waals surface area contributed by atoms with E-state index in [1.165, 1.54) is 11.9 Å². The summed E-state index contributed by atoms with van der Waals surface area (Å²) in [6, 6.07) is 26.1. The lowest BCUT2D eigenvalue weighted by molar-refractivity contribution is -0.0965. The summed E-state index contributed by atoms with van der Waals surface area (Å²) in [5.74, 6) is 3.26. The van der Waals surface area contributed by atoms with Crippen molar-refractivity contribution in [3.05, 3.63) is 120 Å². The zero-order valence-electron chi connectivity index (χ0n) is 38.4. The van der Waals surface area contributed by atoms with Crippen molar-refractivity contribution >= 4 is 51.7 Å². The first-order chi connectivity index (χ1) is 32.0. The van der Waals surface area contributed by atoms with Crippen molar-refractivity contribution in [2.45, 2.75) is 86.9 Å². The van der Waals surface area contributed by atoms with E-state index >= 15 is 0 Å². The number of aromatic nitrogens is 4. The van der Waals surface area contributed by atoms with Gasteiger partial charge in [-0.05, 0) is 98.2 Å². The van der Waals surface area contributed by atoms with E-state index in [0.717, 1.165) is 72.7 Å². The van der Waals surface area contributed by atoms with Crippen molar-refractivity contribution in [1.82, 2.24) is 24.4 Å². The molecule has 1 saturated carbocycles. The molecule has 17 heteroatoms. The van der Waals surface area contributed by atoms with Crippen LogP contribution >= 0.6 is 17.1 Å². The molecule has 4 fully saturated rings. The molecule has 0 amide bonds. The van der Waals surface area contributed by atoms with Gasteiger partial charge < -0.3 is 42.4 Å². The number of amidine groups is 1. The second-order valence-electron chi connectivity index (χ2n) is 17.6. The van der Waals surface area contributed by atoms with Gasteiger partial charge in [0.1, 0.15) is 47.6 Å². The van der Waals surface area contributed by atoms with Crippen molar-refractivity contribution in [3.8, 4) is 11.5 Å². The minimum Gasteiger partial charge on any atom is -0.497 e. The highest BCUT2D eigenvalue weighted by Gasteiger charge is 2.57. The predicted octanol–water partition coefficient (Wildman–Crippen LogP) is 9.41. The van der Waals surface area contributed by atoms with Gasteiger partial charge in [0.2, 0.25) is 5.69 Å². The molecule has 14 nitrogen and oxygen atoms in total. The van der Waals surface area contributed by atoms with Crippen LogP contribution in [0, 0.1) is 5.92 Å². The molecule has 0 radical (unpaired) electrons. The second kappa shape index (κ2) is 19.8. The Bertz CT molecular complexity index is 2520. The molecule has 0 N–H and O–H groups in total. The minimum absolute atomic E-state index is 0.0452. The summed E-state index contributed by atoms with van der Waals surface area (Å²) in [7, 11) is 7.01. The van der Waals surface area contributed by atoms with Gasteiger partial charge in [-0.15, -0.1) is 0 Å². The van der Waals surface area contributed by atoms with Crippen LogP contribution in [0.25, 0.3) is 11.2 Å². The molecular formula is C49H59N6O8PS2. The Labute approximate surface area is 396 Å². The van der Waals surface area contributed by atoms with Gasteiger partial charge in [0.05, 0.1) is 46.5 Å². The maximum atomic E-state index is 7.51. The zero-order chi connectivity index (χ0) is 46.1. The summed E-state index contributed by atoms with van der Waals surface area (Å²) in [5, 5.41) is 0. The van der Waals surface area contributed by atoms with Gasteiger partial charge in [0.25, 0.3) is 0 Å². The number of methoxy groups -OCH3 is 3. The molecule has 4 aliphatic rings. The van der Waals surface area contributed by atoms with Crippen molar-refractivity contribution in [2.24, 2.45) is 10.9 Å². The molecule has 0 spiro atoms. The molecule has 0 unspecified atom stereocenters. The highest BCUT2D eigenvalue weighted by Crippen LogP contribution is 2.76. The van der Waals surface area contributed by atoms with Crippen LogP contribution in [-0.2, 0) is 45.4 Å². The second-order valence-corrected chi connectivity index (χ2v) is 24.2. The average Bonchev–Trinajstić information content (AvgIpc) is 4.10. The van der Waals surface area contributed by atoms with E-state index in [9.17, 15) is 0 Å². The van der Waals surface area contributed by atoms with Crippen LogP contribution in [0.3, 0.4) is 0 Å². The minimum atomic E-state index is -3.03. The summed E-state index contributed by atoms with van der Waals surface area (Å²) in [5.41, 5.74) is 0.758. The molecule has 2 aromatic heterocycles. The Morgan fingerprint density at radius 2 is 1.65 bits per heavy atom. The van der Waals surface area contributed by atoms with E-state index in [1.54, 1.807) is 39.0 Å². The molecular weight excluding hydrogens is 896 g/mol. The number of fused-ring (bicyclic) bond motifs is 2. The molecule has 1 aliphatic carbocycles. The zero-order valence-corrected chi connectivity index (χ0v) is 40.9. The van der Waals surface area contributed by atoms with E-state index in [2.05, 4.69) is 42.4 Å². The highest BCUT2D eigenvalue weighted by atomic mass is 32.9. The monoisotopic (exact) mass is 954 g/mol. The van der Waals surface area contributed by atoms with Gasteiger partial charge in [-0.25, -0.2) is 19.9 Å². The van der Waals surface area contributed by atoms with Gasteiger partial charge >= 0.3 is 0 Å². The summed E-state index contributed by atoms with van der Waals surface area (Å²) in [4.78, 5) is 21.3. The van der Waals surface area contributed by atoms with Crippen LogP contribution in [0.1, 0.15) is 68.9 Å². The molecule has 9 rings (SSSR count). The maximum absolute atomic E-state index is 7.51. The molecule has 3 aromatic carbocycles. The largest absolute Gasteiger partial charge is 0.497 e. The van der Waals surface area contributed by atoms with Crippen LogP contribution in [0.15, 0.2) is 109 Å². The fraction of sp³-hybridized carbons (Fsp3) is 0.469. The fourth-order valence-corrected chi connectivity index (χ4v) is 17.2. The number of ether oxygens (including phenoxy) is 6. The van der Waals surface area contributed by atoms with E-state index < -0.39 is 35.8 Å². The van der Waals surface area contributed by atoms with Gasteiger partial charge in [0, 0.05) is 31.9 Å². The van der Waals surface area contributed by atoms with Crippen LogP contribution in [0.2, 0.25) is 0 Å². The number of hydrogen-bond donors (Lipinski definition) is 0. The Morgan fingerprint density at radius 1 is 0.955 bits per heavy atom. The highest BCUT2D eigenvalue weighted by molar-refractivity contribution is 8.68. The molecule has 3 aliphatic heterocycles. The first-order valence-corrected chi connectivity index (χ1v) is 26.6. The van der Waals surface area contributed by atoms with Crippen LogP contribution < -0.4 is 9.47 Å². The first kappa shape index (κ1) is 46.9. The average molecular weight is 955 g/mol. The molecule has 350 valence electrons. The van der Waals surface area contributed by atoms with Gasteiger partial charge in [-0.1, -0.05) is 78.1 Å². The third-order valence-corrected chi connectivity index (χ3v) is 19.1. The van der Waals surface area contributed by atoms with Crippen molar-refractivity contribution in [2.75, 3.05) is 54.7 Å². The number of rotatable bonds is 17. The molecule has 66 heavy (non-hydrogen) atoms. The van der Waals surface area contributed by atoms with Crippen LogP contribution in [0.4, 0.5) is 5.82 Å². The maximum Gasteiger partial charge on any atom is 0.248 e. The number of imidazole rings is 1. The van der Waals surface area contributed by atoms with Gasteiger partial charge in [-0.2, -0.15) is 0 Å². The molecule has 5 aromatic rings. The number of nitrogens with zero attached hydrogens (tertiary/aromatic N) is 6. The van der Waals surface area contributed by atoms with Crippen molar-refractivity contribution < 1.29 is 37.5 Å². The number of hydrogen-bond acceptors (Lipinski definition) is 14. The number of allylic oxidation sites excluding steroid dienone is 1. The smallest absolute Gasteiger partial charge is 0.248 e. The quantitative estimate of drug-likeness (QED) is 0.0379. The Kier molecular flexibility index (Phi) is 14.1. The first-order valence-electron chi connectivity index (χ1n) is 22.5. The number of aliphatic imine (C=N–C) groups is 1. The fourth-order valence-electron chi connectivity index (χ4n) is 9.67. The SMILES string of the molecule is C=C(C)[C@@H]1CC[C@]2(C)S[P@](=S)(O[C@H]3[C@@H](OCCOC)[C@H](n4cnc5c(N=C6CCCN6C)ncnc54)O[C@@H]3COC(c3ccccc3)(c3ccc(OC)cc3)c3ccc(OC)cc3)O[C@H]2C1. The molecule has 5 heterocycles. The molecule has 0 bridgehead atoms. The summed E-state index contributed by atoms with van der Waals surface area (Å²) in [6.07, 6.45) is 4.83. The predicted molar refractivity (Wildman–Crippen MR) is 260 cm³/mol. The van der Waals surface area contributed by atoms with Crippen molar-refractivity contribution in [3.63, 3.8) is 0 Å². The number of benzene rings is 3. The Morgan fingerprint density at radius 3 is 2.29 bits per heavy atom. The Hall–Kier alpha value is -4.22. The van der Waals surface area contributed by atoms with Crippen molar-refractivity contribution in [1.29, 1.82) is 0 Å². The summed E-state index contributed by atoms with van der Waals surface area (Å²) < 4.78 is 54.3. The van der Waals surface area contributed by atoms with Crippen LogP contribution in [0.5, 0.6) is 11.5 Å². The lowest BCUT2D eigenvalue weighted by Gasteiger charge is -2.37. The lowest BCUT2D eigenvalue weighted by atomic mass is 9.77.